The van der Waals surface area contributed by atoms with Crippen LogP contribution in [0.4, 0.5) is 0 Å². The molecule has 0 spiro atoms. The van der Waals surface area contributed by atoms with Gasteiger partial charge < -0.3 is 37.2 Å². The van der Waals surface area contributed by atoms with Gasteiger partial charge in [0.25, 0.3) is 0 Å². The molecule has 109 valence electrons. The number of halogens is 3. The van der Waals surface area contributed by atoms with E-state index in [1.165, 1.54) is 12.6 Å². The van der Waals surface area contributed by atoms with Crippen LogP contribution in [-0.2, 0) is 22.9 Å². The minimum absolute atomic E-state index is 0. The Labute approximate surface area is 154 Å². The molecule has 1 aromatic carbocycles. The van der Waals surface area contributed by atoms with Gasteiger partial charge in [0, 0.05) is 0 Å². The summed E-state index contributed by atoms with van der Waals surface area (Å²) in [6.45, 7) is 4.83. The molecule has 0 amide bonds. The van der Waals surface area contributed by atoms with Gasteiger partial charge in [-0.1, -0.05) is 0 Å². The Hall–Kier alpha value is 0.870. The van der Waals surface area contributed by atoms with Crippen LogP contribution in [0.5, 0.6) is 0 Å². The van der Waals surface area contributed by atoms with Crippen molar-refractivity contribution in [2.24, 2.45) is 0 Å². The molecule has 0 N–H and O–H groups in total. The van der Waals surface area contributed by atoms with Crippen LogP contribution >= 0.6 is 7.92 Å². The van der Waals surface area contributed by atoms with Gasteiger partial charge in [0.2, 0.25) is 0 Å². The van der Waals surface area contributed by atoms with E-state index in [0.29, 0.717) is 0 Å². The molecule has 0 radical (unpaired) electrons. The molecular formula is C15H19Cl3HfP. The molecule has 1 atom stereocenters. The van der Waals surface area contributed by atoms with Crippen LogP contribution in [0.25, 0.3) is 0 Å². The molecule has 20 heavy (non-hydrogen) atoms. The van der Waals surface area contributed by atoms with Gasteiger partial charge in [-0.15, -0.1) is 0 Å². The summed E-state index contributed by atoms with van der Waals surface area (Å²) < 4.78 is 2.69. The number of benzene rings is 1. The van der Waals surface area contributed by atoms with Crippen molar-refractivity contribution < 1.29 is 60.1 Å². The first-order chi connectivity index (χ1) is 8.25. The van der Waals surface area contributed by atoms with E-state index in [0.717, 1.165) is 3.67 Å². The first-order valence-electron chi connectivity index (χ1n) is 6.07. The third-order valence-electron chi connectivity index (χ3n) is 2.88. The second-order valence-corrected chi connectivity index (χ2v) is 13.1. The maximum absolute atomic E-state index is 2.41. The van der Waals surface area contributed by atoms with Gasteiger partial charge >= 0.3 is 118 Å². The molecule has 0 saturated carbocycles. The zero-order valence-corrected chi connectivity index (χ0v) is 18.4. The quantitative estimate of drug-likeness (QED) is 0.274. The predicted molar refractivity (Wildman–Crippen MR) is 74.7 cm³/mol. The topological polar surface area (TPSA) is 0 Å². The zero-order valence-electron chi connectivity index (χ0n) is 11.7. The van der Waals surface area contributed by atoms with Crippen LogP contribution in [0.1, 0.15) is 15.7 Å². The Bertz CT molecular complexity index is 418. The SMILES string of the molecule is CP(C)C[CH]([Hf+3][C]1=CC=CC1)c1ccccc1.[Cl-].[Cl-].[Cl-]. The fourth-order valence-electron chi connectivity index (χ4n) is 2.06. The van der Waals surface area contributed by atoms with E-state index >= 15 is 0 Å². The van der Waals surface area contributed by atoms with E-state index < -0.39 is 22.9 Å². The summed E-state index contributed by atoms with van der Waals surface area (Å²) in [4.78, 5) is 0. The van der Waals surface area contributed by atoms with Crippen LogP contribution in [0, 0.1) is 0 Å². The van der Waals surface area contributed by atoms with Gasteiger partial charge in [0.15, 0.2) is 0 Å². The average molecular weight is 515 g/mol. The molecular weight excluding hydrogens is 496 g/mol. The summed E-state index contributed by atoms with van der Waals surface area (Å²) in [6, 6.07) is 11.2. The Morgan fingerprint density at radius 3 is 2.25 bits per heavy atom. The third-order valence-corrected chi connectivity index (χ3v) is 11.1. The van der Waals surface area contributed by atoms with E-state index in [1.807, 2.05) is 0 Å². The minimum Gasteiger partial charge on any atom is -1.00 e. The van der Waals surface area contributed by atoms with Crippen molar-refractivity contribution in [2.75, 3.05) is 19.5 Å². The van der Waals surface area contributed by atoms with Crippen molar-refractivity contribution in [2.45, 2.75) is 10.1 Å². The number of hydrogen-bond acceptors (Lipinski definition) is 0. The second-order valence-electron chi connectivity index (χ2n) is 4.69. The minimum atomic E-state index is -0.668. The van der Waals surface area contributed by atoms with Crippen molar-refractivity contribution >= 4 is 7.92 Å². The predicted octanol–water partition coefficient (Wildman–Crippen LogP) is -4.59. The van der Waals surface area contributed by atoms with Crippen molar-refractivity contribution in [3.05, 3.63) is 57.5 Å². The summed E-state index contributed by atoms with van der Waals surface area (Å²) in [5.41, 5.74) is 1.60. The second kappa shape index (κ2) is 12.4. The van der Waals surface area contributed by atoms with Gasteiger partial charge in [-0.3, -0.25) is 0 Å². The molecule has 1 unspecified atom stereocenters. The van der Waals surface area contributed by atoms with Crippen molar-refractivity contribution in [3.8, 4) is 0 Å². The molecule has 0 nitrogen and oxygen atoms in total. The first kappa shape index (κ1) is 23.1. The Morgan fingerprint density at radius 2 is 1.75 bits per heavy atom. The summed E-state index contributed by atoms with van der Waals surface area (Å²) in [5, 5.41) is 0. The van der Waals surface area contributed by atoms with Crippen LogP contribution in [0.3, 0.4) is 0 Å². The Balaban J connectivity index is 0. The van der Waals surface area contributed by atoms with Crippen LogP contribution in [-0.4, -0.2) is 19.5 Å². The number of hydrogen-bond donors (Lipinski definition) is 0. The third kappa shape index (κ3) is 7.76. The summed E-state index contributed by atoms with van der Waals surface area (Å²) in [6.07, 6.45) is 9.61. The molecule has 1 aliphatic rings. The van der Waals surface area contributed by atoms with E-state index in [-0.39, 0.29) is 45.1 Å². The molecule has 0 aromatic heterocycles. The fourth-order valence-corrected chi connectivity index (χ4v) is 12.5. The first-order valence-corrected chi connectivity index (χ1v) is 12.4. The van der Waals surface area contributed by atoms with Gasteiger partial charge in [0.05, 0.1) is 0 Å². The number of allylic oxidation sites excluding steroid dienone is 4. The average Bonchev–Trinajstić information content (AvgIpc) is 2.82. The molecule has 1 aliphatic carbocycles. The van der Waals surface area contributed by atoms with E-state index in [1.54, 1.807) is 8.89 Å². The maximum atomic E-state index is 2.41. The smallest absolute Gasteiger partial charge is 1.00 e. The van der Waals surface area contributed by atoms with Crippen molar-refractivity contribution in [1.29, 1.82) is 0 Å². The fraction of sp³-hybridized carbons (Fsp3) is 0.333. The van der Waals surface area contributed by atoms with Crippen molar-refractivity contribution in [1.82, 2.24) is 0 Å². The molecule has 0 fully saturated rings. The molecule has 5 heteroatoms. The van der Waals surface area contributed by atoms with Crippen LogP contribution < -0.4 is 37.2 Å². The molecule has 0 aliphatic heterocycles. The van der Waals surface area contributed by atoms with Gasteiger partial charge in [0.1, 0.15) is 0 Å². The normalized spacial score (nSPS) is 13.4. The zero-order chi connectivity index (χ0) is 12.1. The van der Waals surface area contributed by atoms with Gasteiger partial charge in [-0.2, -0.15) is 0 Å². The molecule has 0 heterocycles. The number of rotatable bonds is 5. The molecule has 0 saturated heterocycles. The van der Waals surface area contributed by atoms with Gasteiger partial charge in [-0.05, 0) is 0 Å². The van der Waals surface area contributed by atoms with E-state index in [9.17, 15) is 0 Å². The summed E-state index contributed by atoms with van der Waals surface area (Å²) in [5.74, 6) is 0. The van der Waals surface area contributed by atoms with E-state index in [2.05, 4.69) is 61.9 Å². The maximum Gasteiger partial charge on any atom is -1.00 e. The molecule has 2 rings (SSSR count). The summed E-state index contributed by atoms with van der Waals surface area (Å²) >= 11 is -0.668. The van der Waals surface area contributed by atoms with Gasteiger partial charge in [-0.25, -0.2) is 0 Å². The largest absolute Gasteiger partial charge is 1.00 e. The Morgan fingerprint density at radius 1 is 1.10 bits per heavy atom. The van der Waals surface area contributed by atoms with Crippen molar-refractivity contribution in [3.63, 3.8) is 0 Å². The van der Waals surface area contributed by atoms with Crippen LogP contribution in [0.2, 0.25) is 0 Å². The summed E-state index contributed by atoms with van der Waals surface area (Å²) in [7, 11) is 0.217. The monoisotopic (exact) mass is 515 g/mol. The van der Waals surface area contributed by atoms with Crippen LogP contribution in [0.15, 0.2) is 51.9 Å². The standard InChI is InChI=1S/C10H14P.C5H5.3ClH.Hf/c1-11(2)9-8-10-6-4-3-5-7-10;1-2-4-5-3-1;;;;/h3-8H,9H2,1-2H3;1-3H,4H2;3*1H;/q;;;;;+3/p-3. The Kier molecular flexibility index (Phi) is 14.4. The molecule has 1 aromatic rings. The molecule has 0 bridgehead atoms. The van der Waals surface area contributed by atoms with E-state index in [4.69, 9.17) is 0 Å².